The number of amides is 3. The lowest BCUT2D eigenvalue weighted by atomic mass is 10.3. The molecule has 2 fully saturated rings. The molecule has 174 valence electrons. The summed E-state index contributed by atoms with van der Waals surface area (Å²) < 4.78 is 11.6. The van der Waals surface area contributed by atoms with Crippen molar-refractivity contribution in [2.24, 2.45) is 0 Å². The summed E-state index contributed by atoms with van der Waals surface area (Å²) in [5.41, 5.74) is 0.749. The fourth-order valence-corrected chi connectivity index (χ4v) is 4.75. The molecular formula is C21H27ClN4O5S. The zero-order chi connectivity index (χ0) is 21.8. The number of hydrogen-bond acceptors (Lipinski definition) is 8. The lowest BCUT2D eigenvalue weighted by Crippen LogP contribution is -2.44. The molecule has 0 saturated carbocycles. The van der Waals surface area contributed by atoms with Crippen LogP contribution >= 0.6 is 23.7 Å². The van der Waals surface area contributed by atoms with Gasteiger partial charge in [0.05, 0.1) is 30.5 Å². The molecule has 2 saturated heterocycles. The second-order valence-corrected chi connectivity index (χ2v) is 8.57. The normalized spacial score (nSPS) is 17.0. The van der Waals surface area contributed by atoms with Crippen molar-refractivity contribution in [3.63, 3.8) is 0 Å². The van der Waals surface area contributed by atoms with Crippen LogP contribution < -0.4 is 9.64 Å². The number of aromatic nitrogens is 1. The van der Waals surface area contributed by atoms with Crippen molar-refractivity contribution < 1.29 is 23.9 Å². The van der Waals surface area contributed by atoms with Crippen LogP contribution in [0, 0.1) is 0 Å². The molecule has 2 aliphatic heterocycles. The Morgan fingerprint density at radius 2 is 1.94 bits per heavy atom. The fraction of sp³-hybridized carbons (Fsp3) is 0.524. The first-order valence-electron chi connectivity index (χ1n) is 10.4. The molecule has 32 heavy (non-hydrogen) atoms. The van der Waals surface area contributed by atoms with E-state index in [1.165, 1.54) is 11.3 Å². The van der Waals surface area contributed by atoms with Crippen molar-refractivity contribution in [3.8, 4) is 5.75 Å². The van der Waals surface area contributed by atoms with Gasteiger partial charge in [-0.1, -0.05) is 11.3 Å². The Balaban J connectivity index is 0.00000289. The molecule has 0 unspecified atom stereocenters. The number of imide groups is 1. The first kappa shape index (κ1) is 24.4. The van der Waals surface area contributed by atoms with Gasteiger partial charge in [-0.05, 0) is 18.6 Å². The summed E-state index contributed by atoms with van der Waals surface area (Å²) in [5.74, 6) is -0.180. The Hall–Kier alpha value is -2.27. The number of nitrogens with zero attached hydrogens (tertiary/aromatic N) is 4. The van der Waals surface area contributed by atoms with Gasteiger partial charge < -0.3 is 9.47 Å². The number of rotatable bonds is 8. The molecular weight excluding hydrogens is 456 g/mol. The summed E-state index contributed by atoms with van der Waals surface area (Å²) in [6.07, 6.45) is 1.10. The van der Waals surface area contributed by atoms with Gasteiger partial charge in [0.1, 0.15) is 12.3 Å². The quantitative estimate of drug-likeness (QED) is 0.531. The third kappa shape index (κ3) is 5.55. The largest absolute Gasteiger partial charge is 0.497 e. The molecule has 0 atom stereocenters. The summed E-state index contributed by atoms with van der Waals surface area (Å²) in [7, 11) is 1.60. The van der Waals surface area contributed by atoms with Crippen molar-refractivity contribution in [1.29, 1.82) is 0 Å². The molecule has 11 heteroatoms. The van der Waals surface area contributed by atoms with Crippen molar-refractivity contribution in [2.45, 2.75) is 19.3 Å². The monoisotopic (exact) mass is 482 g/mol. The van der Waals surface area contributed by atoms with E-state index >= 15 is 0 Å². The second-order valence-electron chi connectivity index (χ2n) is 7.56. The van der Waals surface area contributed by atoms with Gasteiger partial charge in [0.2, 0.25) is 17.7 Å². The van der Waals surface area contributed by atoms with Gasteiger partial charge in [-0.25, -0.2) is 4.98 Å². The Kier molecular flexibility index (Phi) is 8.41. The summed E-state index contributed by atoms with van der Waals surface area (Å²) in [6, 6.07) is 5.61. The average molecular weight is 483 g/mol. The number of carbonyl (C=O) groups is 3. The highest BCUT2D eigenvalue weighted by molar-refractivity contribution is 7.22. The summed E-state index contributed by atoms with van der Waals surface area (Å²) >= 11 is 1.41. The zero-order valence-electron chi connectivity index (χ0n) is 17.9. The van der Waals surface area contributed by atoms with Gasteiger partial charge in [0.15, 0.2) is 5.13 Å². The number of anilines is 1. The Bertz CT molecular complexity index is 962. The van der Waals surface area contributed by atoms with Crippen LogP contribution in [-0.2, 0) is 19.1 Å². The molecule has 0 N–H and O–H groups in total. The Morgan fingerprint density at radius 1 is 1.22 bits per heavy atom. The van der Waals surface area contributed by atoms with E-state index in [-0.39, 0.29) is 49.5 Å². The average Bonchev–Trinajstić information content (AvgIpc) is 3.34. The first-order chi connectivity index (χ1) is 15.0. The van der Waals surface area contributed by atoms with E-state index in [1.807, 2.05) is 18.2 Å². The standard InChI is InChI=1S/C21H26N4O5S.ClH/c1-29-15-3-4-17-16(13-15)22-21(31-17)24(8-2-7-23-9-11-30-12-10-23)20(28)14-25-18(26)5-6-19(25)27;/h3-4,13H,2,5-12,14H2,1H3;1H. The first-order valence-corrected chi connectivity index (χ1v) is 11.2. The Morgan fingerprint density at radius 3 is 2.62 bits per heavy atom. The minimum atomic E-state index is -0.295. The number of hydrogen-bond donors (Lipinski definition) is 0. The van der Waals surface area contributed by atoms with E-state index in [0.717, 1.165) is 54.4 Å². The number of halogens is 1. The van der Waals surface area contributed by atoms with E-state index in [0.29, 0.717) is 17.4 Å². The maximum atomic E-state index is 13.2. The van der Waals surface area contributed by atoms with E-state index in [2.05, 4.69) is 9.88 Å². The molecule has 0 bridgehead atoms. The highest BCUT2D eigenvalue weighted by atomic mass is 35.5. The van der Waals surface area contributed by atoms with Gasteiger partial charge >= 0.3 is 0 Å². The molecule has 9 nitrogen and oxygen atoms in total. The number of morpholine rings is 1. The van der Waals surface area contributed by atoms with Crippen LogP contribution in [0.2, 0.25) is 0 Å². The highest BCUT2D eigenvalue weighted by Crippen LogP contribution is 2.31. The number of ether oxygens (including phenoxy) is 2. The van der Waals surface area contributed by atoms with Crippen LogP contribution in [0.15, 0.2) is 18.2 Å². The summed E-state index contributed by atoms with van der Waals surface area (Å²) in [5, 5.41) is 0.564. The third-order valence-electron chi connectivity index (χ3n) is 5.52. The zero-order valence-corrected chi connectivity index (χ0v) is 19.6. The molecule has 2 aliphatic rings. The van der Waals surface area contributed by atoms with Crippen LogP contribution in [0.25, 0.3) is 10.2 Å². The number of benzene rings is 1. The molecule has 2 aromatic rings. The van der Waals surface area contributed by atoms with Crippen LogP contribution in [0.5, 0.6) is 5.75 Å². The van der Waals surface area contributed by atoms with E-state index in [4.69, 9.17) is 9.47 Å². The molecule has 0 aliphatic carbocycles. The molecule has 4 rings (SSSR count). The lowest BCUT2D eigenvalue weighted by molar-refractivity contribution is -0.141. The summed E-state index contributed by atoms with van der Waals surface area (Å²) in [4.78, 5) is 46.8. The van der Waals surface area contributed by atoms with Gasteiger partial charge in [-0.3, -0.25) is 29.1 Å². The van der Waals surface area contributed by atoms with Gasteiger partial charge in [-0.2, -0.15) is 0 Å². The van der Waals surface area contributed by atoms with E-state index in [9.17, 15) is 14.4 Å². The molecule has 1 aromatic carbocycles. The molecule has 1 aromatic heterocycles. The van der Waals surface area contributed by atoms with Crippen LogP contribution in [0.3, 0.4) is 0 Å². The van der Waals surface area contributed by atoms with Crippen molar-refractivity contribution >= 4 is 56.8 Å². The minimum Gasteiger partial charge on any atom is -0.497 e. The molecule has 3 amide bonds. The smallest absolute Gasteiger partial charge is 0.248 e. The maximum Gasteiger partial charge on any atom is 0.248 e. The number of methoxy groups -OCH3 is 1. The molecule has 3 heterocycles. The third-order valence-corrected chi connectivity index (χ3v) is 6.58. The molecule has 0 radical (unpaired) electrons. The van der Waals surface area contributed by atoms with Crippen molar-refractivity contribution in [2.75, 3.05) is 57.9 Å². The fourth-order valence-electron chi connectivity index (χ4n) is 3.76. The predicted molar refractivity (Wildman–Crippen MR) is 124 cm³/mol. The maximum absolute atomic E-state index is 13.2. The highest BCUT2D eigenvalue weighted by Gasteiger charge is 2.32. The topological polar surface area (TPSA) is 92.3 Å². The number of carbonyl (C=O) groups excluding carboxylic acids is 3. The van der Waals surface area contributed by atoms with E-state index in [1.54, 1.807) is 12.0 Å². The number of likely N-dealkylation sites (tertiary alicyclic amines) is 1. The van der Waals surface area contributed by atoms with Crippen molar-refractivity contribution in [1.82, 2.24) is 14.8 Å². The van der Waals surface area contributed by atoms with Crippen molar-refractivity contribution in [3.05, 3.63) is 18.2 Å². The minimum absolute atomic E-state index is 0. The van der Waals surface area contributed by atoms with Gasteiger partial charge in [0.25, 0.3) is 0 Å². The molecule has 0 spiro atoms. The van der Waals surface area contributed by atoms with Crippen LogP contribution in [0.1, 0.15) is 19.3 Å². The van der Waals surface area contributed by atoms with Crippen LogP contribution in [0.4, 0.5) is 5.13 Å². The van der Waals surface area contributed by atoms with Gasteiger partial charge in [-0.15, -0.1) is 12.4 Å². The lowest BCUT2D eigenvalue weighted by Gasteiger charge is -2.28. The number of thiazole rings is 1. The SMILES string of the molecule is COc1ccc2sc(N(CCCN3CCOCC3)C(=O)CN3C(=O)CCC3=O)nc2c1.Cl. The van der Waals surface area contributed by atoms with Gasteiger partial charge in [0, 0.05) is 45.1 Å². The van der Waals surface area contributed by atoms with Crippen LogP contribution in [-0.4, -0.2) is 85.6 Å². The Labute approximate surface area is 196 Å². The van der Waals surface area contributed by atoms with E-state index < -0.39 is 0 Å². The second kappa shape index (κ2) is 11.0. The number of fused-ring (bicyclic) bond motifs is 1. The predicted octanol–water partition coefficient (Wildman–Crippen LogP) is 1.93. The summed E-state index contributed by atoms with van der Waals surface area (Å²) in [6.45, 7) is 4.27.